The van der Waals surface area contributed by atoms with Crippen LogP contribution in [0.4, 0.5) is 0 Å². The molecule has 1 aliphatic heterocycles. The van der Waals surface area contributed by atoms with Gasteiger partial charge in [-0.2, -0.15) is 0 Å². The van der Waals surface area contributed by atoms with Gasteiger partial charge < -0.3 is 5.32 Å². The fourth-order valence-electron chi connectivity index (χ4n) is 2.35. The molecular weight excluding hydrogens is 196 g/mol. The van der Waals surface area contributed by atoms with Gasteiger partial charge in [0.05, 0.1) is 0 Å². The highest BCUT2D eigenvalue weighted by Gasteiger charge is 2.28. The van der Waals surface area contributed by atoms with Crippen molar-refractivity contribution in [2.24, 2.45) is 5.92 Å². The standard InChI is InChI=1S/C14H28N2/c1-6-12(4)14-9-15-13(5)10-16(14)8-7-11(2)3/h7,12-15H,6,8-10H2,1-5H3. The Balaban J connectivity index is 2.61. The van der Waals surface area contributed by atoms with Crippen LogP contribution in [0.2, 0.25) is 0 Å². The van der Waals surface area contributed by atoms with E-state index in [1.807, 2.05) is 0 Å². The monoisotopic (exact) mass is 224 g/mol. The lowest BCUT2D eigenvalue weighted by Crippen LogP contribution is -2.57. The summed E-state index contributed by atoms with van der Waals surface area (Å²) in [5.74, 6) is 0.783. The minimum Gasteiger partial charge on any atom is -0.311 e. The van der Waals surface area contributed by atoms with E-state index in [4.69, 9.17) is 0 Å². The van der Waals surface area contributed by atoms with Crippen molar-refractivity contribution in [1.82, 2.24) is 10.2 Å². The van der Waals surface area contributed by atoms with Crippen LogP contribution >= 0.6 is 0 Å². The zero-order valence-electron chi connectivity index (χ0n) is 11.6. The van der Waals surface area contributed by atoms with Crippen LogP contribution in [0, 0.1) is 5.92 Å². The Kier molecular flexibility index (Phi) is 5.50. The quantitative estimate of drug-likeness (QED) is 0.739. The Hall–Kier alpha value is -0.340. The second-order valence-electron chi connectivity index (χ2n) is 5.50. The molecule has 0 aliphatic carbocycles. The van der Waals surface area contributed by atoms with Crippen LogP contribution in [-0.4, -0.2) is 36.6 Å². The number of piperazine rings is 1. The lowest BCUT2D eigenvalue weighted by Gasteiger charge is -2.41. The smallest absolute Gasteiger partial charge is 0.0250 e. The van der Waals surface area contributed by atoms with E-state index in [9.17, 15) is 0 Å². The van der Waals surface area contributed by atoms with E-state index >= 15 is 0 Å². The minimum atomic E-state index is 0.630. The molecule has 1 fully saturated rings. The number of allylic oxidation sites excluding steroid dienone is 1. The number of rotatable bonds is 4. The third-order valence-corrected chi connectivity index (χ3v) is 3.69. The second kappa shape index (κ2) is 6.41. The van der Waals surface area contributed by atoms with Gasteiger partial charge in [-0.1, -0.05) is 31.9 Å². The number of hydrogen-bond donors (Lipinski definition) is 1. The Bertz CT molecular complexity index is 231. The minimum absolute atomic E-state index is 0.630. The van der Waals surface area contributed by atoms with E-state index in [0.29, 0.717) is 12.1 Å². The summed E-state index contributed by atoms with van der Waals surface area (Å²) >= 11 is 0. The van der Waals surface area contributed by atoms with Crippen molar-refractivity contribution in [3.05, 3.63) is 11.6 Å². The molecule has 0 aromatic heterocycles. The molecule has 0 bridgehead atoms. The van der Waals surface area contributed by atoms with E-state index in [1.54, 1.807) is 0 Å². The molecule has 0 radical (unpaired) electrons. The van der Waals surface area contributed by atoms with E-state index in [2.05, 4.69) is 50.9 Å². The van der Waals surface area contributed by atoms with E-state index in [-0.39, 0.29) is 0 Å². The van der Waals surface area contributed by atoms with Crippen LogP contribution in [-0.2, 0) is 0 Å². The summed E-state index contributed by atoms with van der Waals surface area (Å²) in [6, 6.07) is 1.34. The second-order valence-corrected chi connectivity index (χ2v) is 5.50. The van der Waals surface area contributed by atoms with Crippen LogP contribution < -0.4 is 5.32 Å². The highest BCUT2D eigenvalue weighted by atomic mass is 15.2. The van der Waals surface area contributed by atoms with Crippen molar-refractivity contribution < 1.29 is 0 Å². The molecule has 1 saturated heterocycles. The van der Waals surface area contributed by atoms with Crippen LogP contribution in [0.3, 0.4) is 0 Å². The van der Waals surface area contributed by atoms with Crippen LogP contribution in [0.5, 0.6) is 0 Å². The van der Waals surface area contributed by atoms with Gasteiger partial charge in [-0.3, -0.25) is 4.90 Å². The van der Waals surface area contributed by atoms with Gasteiger partial charge in [-0.25, -0.2) is 0 Å². The Morgan fingerprint density at radius 1 is 1.50 bits per heavy atom. The molecule has 1 rings (SSSR count). The normalized spacial score (nSPS) is 28.8. The maximum absolute atomic E-state index is 3.60. The zero-order valence-corrected chi connectivity index (χ0v) is 11.6. The lowest BCUT2D eigenvalue weighted by atomic mass is 9.94. The van der Waals surface area contributed by atoms with Gasteiger partial charge in [0.25, 0.3) is 0 Å². The topological polar surface area (TPSA) is 15.3 Å². The van der Waals surface area contributed by atoms with Crippen molar-refractivity contribution in [3.63, 3.8) is 0 Å². The first-order valence-electron chi connectivity index (χ1n) is 6.65. The van der Waals surface area contributed by atoms with Gasteiger partial charge in [-0.05, 0) is 26.7 Å². The lowest BCUT2D eigenvalue weighted by molar-refractivity contribution is 0.108. The number of nitrogens with zero attached hydrogens (tertiary/aromatic N) is 1. The SMILES string of the molecule is CCC(C)C1CNC(C)CN1CC=C(C)C. The van der Waals surface area contributed by atoms with Crippen LogP contribution in [0.25, 0.3) is 0 Å². The molecule has 1 aliphatic rings. The average Bonchev–Trinajstić information content (AvgIpc) is 2.25. The Morgan fingerprint density at radius 2 is 2.19 bits per heavy atom. The third kappa shape index (κ3) is 3.91. The molecule has 1 heterocycles. The molecule has 2 heteroatoms. The number of nitrogens with one attached hydrogen (secondary N) is 1. The first kappa shape index (κ1) is 13.7. The molecule has 0 amide bonds. The molecule has 1 N–H and O–H groups in total. The molecular formula is C14H28N2. The maximum atomic E-state index is 3.60. The molecule has 94 valence electrons. The van der Waals surface area contributed by atoms with Gasteiger partial charge in [-0.15, -0.1) is 0 Å². The average molecular weight is 224 g/mol. The largest absolute Gasteiger partial charge is 0.311 e. The van der Waals surface area contributed by atoms with Gasteiger partial charge >= 0.3 is 0 Å². The summed E-state index contributed by atoms with van der Waals surface area (Å²) in [5.41, 5.74) is 1.43. The fraction of sp³-hybridized carbons (Fsp3) is 0.857. The van der Waals surface area contributed by atoms with Crippen LogP contribution in [0.15, 0.2) is 11.6 Å². The Labute approximate surface area is 101 Å². The molecule has 2 nitrogen and oxygen atoms in total. The van der Waals surface area contributed by atoms with Gasteiger partial charge in [0.2, 0.25) is 0 Å². The highest BCUT2D eigenvalue weighted by molar-refractivity contribution is 4.98. The van der Waals surface area contributed by atoms with E-state index in [0.717, 1.165) is 19.0 Å². The van der Waals surface area contributed by atoms with Gasteiger partial charge in [0.1, 0.15) is 0 Å². The predicted molar refractivity (Wildman–Crippen MR) is 71.7 cm³/mol. The first-order chi connectivity index (χ1) is 7.54. The van der Waals surface area contributed by atoms with Crippen LogP contribution in [0.1, 0.15) is 41.0 Å². The summed E-state index contributed by atoms with van der Waals surface area (Å²) in [4.78, 5) is 2.64. The zero-order chi connectivity index (χ0) is 12.1. The van der Waals surface area contributed by atoms with Crippen molar-refractivity contribution in [2.75, 3.05) is 19.6 Å². The van der Waals surface area contributed by atoms with Gasteiger partial charge in [0, 0.05) is 31.7 Å². The fourth-order valence-corrected chi connectivity index (χ4v) is 2.35. The van der Waals surface area contributed by atoms with Crippen molar-refractivity contribution in [1.29, 1.82) is 0 Å². The first-order valence-corrected chi connectivity index (χ1v) is 6.65. The molecule has 0 saturated carbocycles. The predicted octanol–water partition coefficient (Wildman–Crippen LogP) is 2.66. The summed E-state index contributed by atoms with van der Waals surface area (Å²) in [5, 5.41) is 3.60. The van der Waals surface area contributed by atoms with Crippen molar-refractivity contribution in [2.45, 2.75) is 53.1 Å². The molecule has 3 unspecified atom stereocenters. The molecule has 3 atom stereocenters. The summed E-state index contributed by atoms with van der Waals surface area (Å²) in [6.45, 7) is 14.8. The third-order valence-electron chi connectivity index (χ3n) is 3.69. The highest BCUT2D eigenvalue weighted by Crippen LogP contribution is 2.18. The summed E-state index contributed by atoms with van der Waals surface area (Å²) in [6.07, 6.45) is 3.62. The summed E-state index contributed by atoms with van der Waals surface area (Å²) in [7, 11) is 0. The van der Waals surface area contributed by atoms with Crippen molar-refractivity contribution >= 4 is 0 Å². The molecule has 0 aromatic rings. The molecule has 0 spiro atoms. The van der Waals surface area contributed by atoms with E-state index in [1.165, 1.54) is 18.5 Å². The van der Waals surface area contributed by atoms with E-state index < -0.39 is 0 Å². The number of hydrogen-bond acceptors (Lipinski definition) is 2. The van der Waals surface area contributed by atoms with Crippen molar-refractivity contribution in [3.8, 4) is 0 Å². The maximum Gasteiger partial charge on any atom is 0.0250 e. The van der Waals surface area contributed by atoms with Gasteiger partial charge in [0.15, 0.2) is 0 Å². The summed E-state index contributed by atoms with van der Waals surface area (Å²) < 4.78 is 0. The molecule has 0 aromatic carbocycles. The molecule has 16 heavy (non-hydrogen) atoms. The Morgan fingerprint density at radius 3 is 2.75 bits per heavy atom.